The first-order valence-electron chi connectivity index (χ1n) is 4.54. The van der Waals surface area contributed by atoms with Crippen LogP contribution in [0.15, 0.2) is 49.6 Å². The van der Waals surface area contributed by atoms with Gasteiger partial charge in [-0.2, -0.15) is 0 Å². The molecule has 1 nitrogen and oxygen atoms in total. The molecule has 0 aromatic rings. The molecular formula is C12H16N. The summed E-state index contributed by atoms with van der Waals surface area (Å²) >= 11 is 0. The lowest BCUT2D eigenvalue weighted by Gasteiger charge is -2.26. The third-order valence-corrected chi connectivity index (χ3v) is 1.97. The van der Waals surface area contributed by atoms with Gasteiger partial charge in [-0.3, -0.25) is 4.90 Å². The zero-order valence-corrected chi connectivity index (χ0v) is 7.95. The Morgan fingerprint density at radius 3 is 2.38 bits per heavy atom. The van der Waals surface area contributed by atoms with Crippen molar-refractivity contribution >= 4 is 0 Å². The highest BCUT2D eigenvalue weighted by atomic mass is 15.1. The molecule has 0 saturated carbocycles. The first kappa shape index (κ1) is 10.0. The van der Waals surface area contributed by atoms with Gasteiger partial charge >= 0.3 is 0 Å². The quantitative estimate of drug-likeness (QED) is 0.579. The van der Waals surface area contributed by atoms with Crippen LogP contribution in [-0.2, 0) is 0 Å². The summed E-state index contributed by atoms with van der Waals surface area (Å²) in [6.45, 7) is 9.27. The van der Waals surface area contributed by atoms with Crippen molar-refractivity contribution in [2.45, 2.75) is 6.42 Å². The Labute approximate surface area is 80.7 Å². The summed E-state index contributed by atoms with van der Waals surface area (Å²) in [6.07, 6.45) is 13.3. The van der Waals surface area contributed by atoms with E-state index in [0.717, 1.165) is 19.5 Å². The maximum absolute atomic E-state index is 3.75. The maximum atomic E-state index is 3.75. The molecule has 0 spiro atoms. The minimum absolute atomic E-state index is 0.888. The predicted octanol–water partition coefficient (Wildman–Crippen LogP) is 2.71. The molecule has 0 fully saturated rings. The van der Waals surface area contributed by atoms with Gasteiger partial charge in [0.15, 0.2) is 0 Å². The van der Waals surface area contributed by atoms with Crippen molar-refractivity contribution < 1.29 is 0 Å². The lowest BCUT2D eigenvalue weighted by atomic mass is 10.1. The lowest BCUT2D eigenvalue weighted by Crippen LogP contribution is -2.28. The van der Waals surface area contributed by atoms with Gasteiger partial charge in [0.1, 0.15) is 0 Å². The van der Waals surface area contributed by atoms with Crippen molar-refractivity contribution in [2.75, 3.05) is 13.1 Å². The highest BCUT2D eigenvalue weighted by molar-refractivity contribution is 5.23. The number of hydrogen-bond acceptors (Lipinski definition) is 1. The third kappa shape index (κ3) is 3.03. The smallest absolute Gasteiger partial charge is 0.0659 e. The Balaban J connectivity index is 2.52. The fraction of sp³-hybridized carbons (Fsp3) is 0.250. The van der Waals surface area contributed by atoms with Crippen LogP contribution in [0.1, 0.15) is 6.42 Å². The molecule has 0 saturated heterocycles. The molecule has 69 valence electrons. The van der Waals surface area contributed by atoms with E-state index < -0.39 is 0 Å². The van der Waals surface area contributed by atoms with E-state index in [4.69, 9.17) is 0 Å². The van der Waals surface area contributed by atoms with E-state index in [9.17, 15) is 0 Å². The largest absolute Gasteiger partial charge is 0.285 e. The molecule has 1 aliphatic rings. The molecule has 0 N–H and O–H groups in total. The topological polar surface area (TPSA) is 3.24 Å². The molecule has 0 atom stereocenters. The molecule has 0 heterocycles. The van der Waals surface area contributed by atoms with Gasteiger partial charge in [0, 0.05) is 13.1 Å². The Bertz CT molecular complexity index is 215. The van der Waals surface area contributed by atoms with E-state index in [1.54, 1.807) is 0 Å². The Kier molecular flexibility index (Phi) is 4.27. The van der Waals surface area contributed by atoms with Gasteiger partial charge < -0.3 is 0 Å². The van der Waals surface area contributed by atoms with E-state index >= 15 is 0 Å². The van der Waals surface area contributed by atoms with Gasteiger partial charge in [-0.15, -0.1) is 13.2 Å². The number of hydrogen-bond donors (Lipinski definition) is 0. The van der Waals surface area contributed by atoms with Crippen molar-refractivity contribution in [1.29, 1.82) is 0 Å². The van der Waals surface area contributed by atoms with Gasteiger partial charge in [-0.25, -0.2) is 0 Å². The minimum Gasteiger partial charge on any atom is -0.285 e. The van der Waals surface area contributed by atoms with E-state index in [2.05, 4.69) is 42.4 Å². The SMILES string of the molecule is C=CCN(CC=C)[C]1C=CC=CC1. The summed E-state index contributed by atoms with van der Waals surface area (Å²) in [5.41, 5.74) is 0. The van der Waals surface area contributed by atoms with Gasteiger partial charge in [0.2, 0.25) is 0 Å². The highest BCUT2D eigenvalue weighted by Crippen LogP contribution is 2.18. The third-order valence-electron chi connectivity index (χ3n) is 1.97. The number of allylic oxidation sites excluding steroid dienone is 2. The average molecular weight is 174 g/mol. The summed E-state index contributed by atoms with van der Waals surface area (Å²) in [7, 11) is 0. The highest BCUT2D eigenvalue weighted by Gasteiger charge is 2.13. The Hall–Kier alpha value is -1.08. The maximum Gasteiger partial charge on any atom is 0.0659 e. The van der Waals surface area contributed by atoms with Gasteiger partial charge in [0.05, 0.1) is 6.04 Å². The normalized spacial score (nSPS) is 16.4. The van der Waals surface area contributed by atoms with Gasteiger partial charge in [0.25, 0.3) is 0 Å². The number of nitrogens with zero attached hydrogens (tertiary/aromatic N) is 1. The van der Waals surface area contributed by atoms with E-state index in [0.29, 0.717) is 0 Å². The summed E-state index contributed by atoms with van der Waals surface area (Å²) in [5.74, 6) is 0. The molecule has 1 aliphatic carbocycles. The molecule has 1 radical (unpaired) electrons. The molecular weight excluding hydrogens is 158 g/mol. The van der Waals surface area contributed by atoms with Crippen molar-refractivity contribution in [3.8, 4) is 0 Å². The van der Waals surface area contributed by atoms with Crippen LogP contribution in [-0.4, -0.2) is 18.0 Å². The summed E-state index contributed by atoms with van der Waals surface area (Å²) < 4.78 is 0. The molecule has 0 aromatic carbocycles. The number of rotatable bonds is 5. The van der Waals surface area contributed by atoms with Crippen LogP contribution < -0.4 is 0 Å². The summed E-state index contributed by atoms with van der Waals surface area (Å²) in [6, 6.07) is 1.34. The second-order valence-corrected chi connectivity index (χ2v) is 2.97. The zero-order chi connectivity index (χ0) is 9.52. The fourth-order valence-corrected chi connectivity index (χ4v) is 1.36. The van der Waals surface area contributed by atoms with Crippen molar-refractivity contribution in [1.82, 2.24) is 4.90 Å². The van der Waals surface area contributed by atoms with Crippen LogP contribution in [0.3, 0.4) is 0 Å². The van der Waals surface area contributed by atoms with Gasteiger partial charge in [-0.1, -0.05) is 36.5 Å². The lowest BCUT2D eigenvalue weighted by molar-refractivity contribution is 0.363. The molecule has 0 bridgehead atoms. The first-order valence-corrected chi connectivity index (χ1v) is 4.54. The van der Waals surface area contributed by atoms with Crippen LogP contribution in [0.2, 0.25) is 0 Å². The standard InChI is InChI=1S/C12H16N/c1-3-10-13(11-4-2)12-8-6-5-7-9-12/h3-8H,1-2,9-11H2. The molecule has 13 heavy (non-hydrogen) atoms. The summed E-state index contributed by atoms with van der Waals surface area (Å²) in [4.78, 5) is 2.26. The molecule has 1 heteroatoms. The van der Waals surface area contributed by atoms with Crippen LogP contribution in [0.4, 0.5) is 0 Å². The Morgan fingerprint density at radius 2 is 1.92 bits per heavy atom. The predicted molar refractivity (Wildman–Crippen MR) is 58.1 cm³/mol. The molecule has 0 aliphatic heterocycles. The molecule has 0 amide bonds. The van der Waals surface area contributed by atoms with E-state index in [-0.39, 0.29) is 0 Å². The zero-order valence-electron chi connectivity index (χ0n) is 7.95. The minimum atomic E-state index is 0.888. The van der Waals surface area contributed by atoms with E-state index in [1.807, 2.05) is 12.2 Å². The average Bonchev–Trinajstić information content (AvgIpc) is 2.19. The van der Waals surface area contributed by atoms with E-state index in [1.165, 1.54) is 6.04 Å². The van der Waals surface area contributed by atoms with Crippen molar-refractivity contribution in [3.63, 3.8) is 0 Å². The molecule has 1 rings (SSSR count). The van der Waals surface area contributed by atoms with Crippen LogP contribution in [0, 0.1) is 6.04 Å². The van der Waals surface area contributed by atoms with Crippen LogP contribution in [0.25, 0.3) is 0 Å². The van der Waals surface area contributed by atoms with Crippen LogP contribution >= 0.6 is 0 Å². The first-order chi connectivity index (χ1) is 6.38. The monoisotopic (exact) mass is 174 g/mol. The fourth-order valence-electron chi connectivity index (χ4n) is 1.36. The molecule has 0 aromatic heterocycles. The second-order valence-electron chi connectivity index (χ2n) is 2.97. The molecule has 0 unspecified atom stereocenters. The van der Waals surface area contributed by atoms with Gasteiger partial charge in [-0.05, 0) is 6.42 Å². The van der Waals surface area contributed by atoms with Crippen LogP contribution in [0.5, 0.6) is 0 Å². The second kappa shape index (κ2) is 5.55. The Morgan fingerprint density at radius 1 is 1.23 bits per heavy atom. The summed E-state index contributed by atoms with van der Waals surface area (Å²) in [5, 5.41) is 0. The van der Waals surface area contributed by atoms with Crippen molar-refractivity contribution in [3.05, 3.63) is 55.7 Å². The van der Waals surface area contributed by atoms with Crippen molar-refractivity contribution in [2.24, 2.45) is 0 Å².